The van der Waals surface area contributed by atoms with E-state index in [4.69, 9.17) is 11.6 Å². The number of hydrogen-bond acceptors (Lipinski definition) is 2. The highest BCUT2D eigenvalue weighted by atomic mass is 35.5. The average molecular weight is 420 g/mol. The third-order valence-corrected chi connectivity index (χ3v) is 6.08. The highest BCUT2D eigenvalue weighted by Crippen LogP contribution is 2.34. The van der Waals surface area contributed by atoms with Gasteiger partial charge in [-0.25, -0.2) is 4.79 Å². The van der Waals surface area contributed by atoms with E-state index in [2.05, 4.69) is 5.32 Å². The summed E-state index contributed by atoms with van der Waals surface area (Å²) in [6.45, 7) is 1.79. The summed E-state index contributed by atoms with van der Waals surface area (Å²) >= 11 is 5.98. The highest BCUT2D eigenvalue weighted by molar-refractivity contribution is 6.30. The number of carboxylic acid groups (broad SMARTS) is 1. The minimum Gasteiger partial charge on any atom is -0.479 e. The molecule has 0 aliphatic heterocycles. The van der Waals surface area contributed by atoms with Gasteiger partial charge >= 0.3 is 5.97 Å². The van der Waals surface area contributed by atoms with E-state index in [0.717, 1.165) is 27.8 Å². The van der Waals surface area contributed by atoms with Gasteiger partial charge in [-0.05, 0) is 46.9 Å². The summed E-state index contributed by atoms with van der Waals surface area (Å²) in [5.41, 5.74) is 3.42. The number of aliphatic carboxylic acids is 1. The second-order valence-electron chi connectivity index (χ2n) is 7.85. The lowest BCUT2D eigenvalue weighted by atomic mass is 9.93. The number of hydrogen-bond donors (Lipinski definition) is 2. The monoisotopic (exact) mass is 419 g/mol. The molecule has 0 saturated carbocycles. The predicted octanol–water partition coefficient (Wildman–Crippen LogP) is 4.85. The molecule has 0 heterocycles. The van der Waals surface area contributed by atoms with Crippen molar-refractivity contribution in [2.24, 2.45) is 0 Å². The fraction of sp³-hybridized carbons (Fsp3) is 0.200. The molecule has 3 aromatic carbocycles. The molecule has 2 atom stereocenters. The Morgan fingerprint density at radius 1 is 0.933 bits per heavy atom. The van der Waals surface area contributed by atoms with E-state index in [9.17, 15) is 14.7 Å². The van der Waals surface area contributed by atoms with E-state index in [1.807, 2.05) is 72.8 Å². The maximum atomic E-state index is 12.9. The Hall–Kier alpha value is -3.11. The maximum Gasteiger partial charge on any atom is 0.330 e. The maximum absolute atomic E-state index is 12.9. The first-order valence-electron chi connectivity index (χ1n) is 9.86. The number of benzene rings is 3. The number of halogens is 1. The summed E-state index contributed by atoms with van der Waals surface area (Å²) in [5.74, 6) is -1.73. The SMILES string of the molecule is CC(C(=O)NC1(C(=O)O)Cc2ccc(-c3ccc(Cl)cc3)cc2C1)c1ccccc1. The van der Waals surface area contributed by atoms with Crippen LogP contribution in [0.25, 0.3) is 11.1 Å². The van der Waals surface area contributed by atoms with E-state index >= 15 is 0 Å². The molecule has 1 amide bonds. The molecule has 5 heteroatoms. The average Bonchev–Trinajstić information content (AvgIpc) is 3.13. The van der Waals surface area contributed by atoms with Gasteiger partial charge in [-0.2, -0.15) is 0 Å². The summed E-state index contributed by atoms with van der Waals surface area (Å²) < 4.78 is 0. The van der Waals surface area contributed by atoms with Crippen LogP contribution in [0.3, 0.4) is 0 Å². The van der Waals surface area contributed by atoms with Gasteiger partial charge in [0.15, 0.2) is 0 Å². The van der Waals surface area contributed by atoms with Crippen molar-refractivity contribution in [2.75, 3.05) is 0 Å². The van der Waals surface area contributed by atoms with E-state index in [-0.39, 0.29) is 18.7 Å². The van der Waals surface area contributed by atoms with Gasteiger partial charge in [0.2, 0.25) is 5.91 Å². The lowest BCUT2D eigenvalue weighted by Gasteiger charge is -2.27. The van der Waals surface area contributed by atoms with Crippen LogP contribution in [0.2, 0.25) is 5.02 Å². The zero-order valence-electron chi connectivity index (χ0n) is 16.6. The molecule has 0 aromatic heterocycles. The van der Waals surface area contributed by atoms with Crippen LogP contribution in [0.15, 0.2) is 72.8 Å². The van der Waals surface area contributed by atoms with E-state index in [0.29, 0.717) is 5.02 Å². The first-order chi connectivity index (χ1) is 14.4. The largest absolute Gasteiger partial charge is 0.479 e. The number of rotatable bonds is 5. The van der Waals surface area contributed by atoms with Crippen molar-refractivity contribution >= 4 is 23.5 Å². The van der Waals surface area contributed by atoms with E-state index < -0.39 is 17.4 Å². The minimum atomic E-state index is -1.33. The summed E-state index contributed by atoms with van der Waals surface area (Å²) in [4.78, 5) is 25.1. The fourth-order valence-electron chi connectivity index (χ4n) is 4.03. The third kappa shape index (κ3) is 3.83. The molecular formula is C25H22ClNO3. The lowest BCUT2D eigenvalue weighted by molar-refractivity contribution is -0.147. The molecule has 2 unspecified atom stereocenters. The van der Waals surface area contributed by atoms with E-state index in [1.165, 1.54) is 0 Å². The van der Waals surface area contributed by atoms with E-state index in [1.54, 1.807) is 6.92 Å². The first-order valence-corrected chi connectivity index (χ1v) is 10.2. The first kappa shape index (κ1) is 20.2. The number of carbonyl (C=O) groups is 2. The Labute approximate surface area is 180 Å². The van der Waals surface area contributed by atoms with Crippen molar-refractivity contribution < 1.29 is 14.7 Å². The molecule has 3 aromatic rings. The second-order valence-corrected chi connectivity index (χ2v) is 8.29. The van der Waals surface area contributed by atoms with Crippen LogP contribution >= 0.6 is 11.6 Å². The summed E-state index contributed by atoms with van der Waals surface area (Å²) in [5, 5.41) is 13.5. The Bertz CT molecular complexity index is 1100. The van der Waals surface area contributed by atoms with Gasteiger partial charge in [-0.1, -0.05) is 72.3 Å². The van der Waals surface area contributed by atoms with Crippen LogP contribution in [-0.4, -0.2) is 22.5 Å². The van der Waals surface area contributed by atoms with Gasteiger partial charge in [-0.3, -0.25) is 4.79 Å². The number of carboxylic acids is 1. The zero-order chi connectivity index (χ0) is 21.3. The van der Waals surface area contributed by atoms with Crippen LogP contribution < -0.4 is 5.32 Å². The Kier molecular flexibility index (Phi) is 5.35. The molecule has 0 fully saturated rings. The number of nitrogens with one attached hydrogen (secondary N) is 1. The molecule has 0 spiro atoms. The van der Waals surface area contributed by atoms with Crippen LogP contribution in [0.1, 0.15) is 29.5 Å². The molecular weight excluding hydrogens is 398 g/mol. The zero-order valence-corrected chi connectivity index (χ0v) is 17.3. The predicted molar refractivity (Wildman–Crippen MR) is 118 cm³/mol. The van der Waals surface area contributed by atoms with Crippen molar-refractivity contribution in [3.05, 3.63) is 94.5 Å². The van der Waals surface area contributed by atoms with Gasteiger partial charge in [0.25, 0.3) is 0 Å². The summed E-state index contributed by atoms with van der Waals surface area (Å²) in [6, 6.07) is 22.9. The Balaban J connectivity index is 1.59. The van der Waals surface area contributed by atoms with Crippen LogP contribution in [0, 0.1) is 0 Å². The molecule has 1 aliphatic carbocycles. The molecule has 1 aliphatic rings. The highest BCUT2D eigenvalue weighted by Gasteiger charge is 2.46. The Morgan fingerprint density at radius 3 is 2.23 bits per heavy atom. The molecule has 0 saturated heterocycles. The molecule has 4 nitrogen and oxygen atoms in total. The molecule has 0 bridgehead atoms. The molecule has 2 N–H and O–H groups in total. The number of carbonyl (C=O) groups excluding carboxylic acids is 1. The van der Waals surface area contributed by atoms with Crippen molar-refractivity contribution in [3.8, 4) is 11.1 Å². The second kappa shape index (κ2) is 7.96. The van der Waals surface area contributed by atoms with Gasteiger partial charge in [0.1, 0.15) is 5.54 Å². The molecule has 152 valence electrons. The summed E-state index contributed by atoms with van der Waals surface area (Å²) in [7, 11) is 0. The van der Waals surface area contributed by atoms with Crippen molar-refractivity contribution in [1.29, 1.82) is 0 Å². The number of amides is 1. The van der Waals surface area contributed by atoms with Gasteiger partial charge < -0.3 is 10.4 Å². The van der Waals surface area contributed by atoms with Gasteiger partial charge in [-0.15, -0.1) is 0 Å². The lowest BCUT2D eigenvalue weighted by Crippen LogP contribution is -2.56. The van der Waals surface area contributed by atoms with Gasteiger partial charge in [0, 0.05) is 17.9 Å². The third-order valence-electron chi connectivity index (χ3n) is 5.83. The van der Waals surface area contributed by atoms with Crippen LogP contribution in [0.4, 0.5) is 0 Å². The minimum absolute atomic E-state index is 0.256. The van der Waals surface area contributed by atoms with Crippen molar-refractivity contribution in [3.63, 3.8) is 0 Å². The van der Waals surface area contributed by atoms with Crippen LogP contribution in [0.5, 0.6) is 0 Å². The van der Waals surface area contributed by atoms with Crippen LogP contribution in [-0.2, 0) is 22.4 Å². The topological polar surface area (TPSA) is 66.4 Å². The van der Waals surface area contributed by atoms with Crippen molar-refractivity contribution in [1.82, 2.24) is 5.32 Å². The quantitative estimate of drug-likeness (QED) is 0.621. The molecule has 30 heavy (non-hydrogen) atoms. The molecule has 0 radical (unpaired) electrons. The standard InChI is InChI=1S/C25H22ClNO3/c1-16(17-5-3-2-4-6-17)23(28)27-25(24(29)30)14-20-8-7-19(13-21(20)15-25)18-9-11-22(26)12-10-18/h2-13,16H,14-15H2,1H3,(H,27,28)(H,29,30). The fourth-order valence-corrected chi connectivity index (χ4v) is 4.15. The number of fused-ring (bicyclic) bond motifs is 1. The van der Waals surface area contributed by atoms with Gasteiger partial charge in [0.05, 0.1) is 5.92 Å². The molecule has 4 rings (SSSR count). The smallest absolute Gasteiger partial charge is 0.330 e. The van der Waals surface area contributed by atoms with Crippen molar-refractivity contribution in [2.45, 2.75) is 31.2 Å². The normalized spacial score (nSPS) is 18.5. The Morgan fingerprint density at radius 2 is 1.57 bits per heavy atom. The summed E-state index contributed by atoms with van der Waals surface area (Å²) in [6.07, 6.45) is 0.526.